The number of hydrogen-bond acceptors (Lipinski definition) is 3. The van der Waals surface area contributed by atoms with Gasteiger partial charge in [0.1, 0.15) is 0 Å². The Morgan fingerprint density at radius 1 is 1.21 bits per heavy atom. The molecule has 0 aliphatic rings. The number of methoxy groups -OCH3 is 1. The lowest BCUT2D eigenvalue weighted by atomic mass is 9.99. The van der Waals surface area contributed by atoms with Gasteiger partial charge in [-0.3, -0.25) is 4.98 Å². The van der Waals surface area contributed by atoms with E-state index in [2.05, 4.69) is 10.3 Å². The first-order chi connectivity index (χ1) is 9.15. The van der Waals surface area contributed by atoms with E-state index in [1.807, 2.05) is 26.1 Å². The fraction of sp³-hybridized carbons (Fsp3) is 0.267. The van der Waals surface area contributed by atoms with Crippen LogP contribution in [-0.2, 0) is 0 Å². The zero-order chi connectivity index (χ0) is 13.8. The molecule has 3 nitrogen and oxygen atoms in total. The molecule has 1 aromatic heterocycles. The van der Waals surface area contributed by atoms with Crippen molar-refractivity contribution in [2.45, 2.75) is 13.0 Å². The van der Waals surface area contributed by atoms with E-state index >= 15 is 0 Å². The number of hydrogen-bond donors (Lipinski definition) is 1. The number of aryl methyl sites for hydroxylation is 1. The predicted molar refractivity (Wildman–Crippen MR) is 72.8 cm³/mol. The zero-order valence-electron chi connectivity index (χ0n) is 11.3. The summed E-state index contributed by atoms with van der Waals surface area (Å²) in [5.74, 6) is -0.109. The number of benzene rings is 1. The van der Waals surface area contributed by atoms with Crippen LogP contribution in [0.25, 0.3) is 0 Å². The molecular weight excluding hydrogens is 243 g/mol. The third-order valence-corrected chi connectivity index (χ3v) is 3.03. The Morgan fingerprint density at radius 2 is 2.00 bits per heavy atom. The van der Waals surface area contributed by atoms with E-state index in [1.54, 1.807) is 18.5 Å². The topological polar surface area (TPSA) is 34.2 Å². The minimum atomic E-state index is -0.360. The highest BCUT2D eigenvalue weighted by atomic mass is 19.1. The van der Waals surface area contributed by atoms with Crippen LogP contribution in [0, 0.1) is 12.7 Å². The molecule has 2 aromatic rings. The van der Waals surface area contributed by atoms with Crippen LogP contribution < -0.4 is 10.1 Å². The van der Waals surface area contributed by atoms with Crippen LogP contribution in [0.15, 0.2) is 36.7 Å². The second kappa shape index (κ2) is 5.80. The average molecular weight is 260 g/mol. The van der Waals surface area contributed by atoms with Crippen molar-refractivity contribution in [1.29, 1.82) is 0 Å². The first-order valence-corrected chi connectivity index (χ1v) is 6.08. The predicted octanol–water partition coefficient (Wildman–Crippen LogP) is 2.85. The second-order valence-electron chi connectivity index (χ2n) is 4.41. The van der Waals surface area contributed by atoms with Gasteiger partial charge < -0.3 is 10.1 Å². The molecule has 0 spiro atoms. The van der Waals surface area contributed by atoms with Gasteiger partial charge in [0.2, 0.25) is 0 Å². The Bertz CT molecular complexity index is 572. The maximum atomic E-state index is 13.8. The molecule has 1 N–H and O–H groups in total. The number of nitrogens with zero attached hydrogens (tertiary/aromatic N) is 1. The Morgan fingerprint density at radius 3 is 2.58 bits per heavy atom. The number of aromatic nitrogens is 1. The minimum absolute atomic E-state index is 0.0900. The van der Waals surface area contributed by atoms with Crippen molar-refractivity contribution in [3.8, 4) is 5.75 Å². The van der Waals surface area contributed by atoms with Crippen LogP contribution in [0.5, 0.6) is 5.75 Å². The molecule has 0 bridgehead atoms. The van der Waals surface area contributed by atoms with Crippen molar-refractivity contribution in [2.24, 2.45) is 0 Å². The van der Waals surface area contributed by atoms with Crippen LogP contribution in [0.3, 0.4) is 0 Å². The van der Waals surface area contributed by atoms with Crippen molar-refractivity contribution in [2.75, 3.05) is 14.2 Å². The van der Waals surface area contributed by atoms with Gasteiger partial charge in [0.25, 0.3) is 0 Å². The first kappa shape index (κ1) is 13.5. The number of halogens is 1. The van der Waals surface area contributed by atoms with Crippen molar-refractivity contribution >= 4 is 0 Å². The lowest BCUT2D eigenvalue weighted by Gasteiger charge is -2.18. The fourth-order valence-electron chi connectivity index (χ4n) is 2.12. The minimum Gasteiger partial charge on any atom is -0.494 e. The van der Waals surface area contributed by atoms with E-state index in [0.29, 0.717) is 0 Å². The van der Waals surface area contributed by atoms with E-state index in [1.165, 1.54) is 13.2 Å². The van der Waals surface area contributed by atoms with Gasteiger partial charge in [-0.25, -0.2) is 4.39 Å². The standard InChI is InChI=1S/C15H17FN2O/c1-10-6-12(9-18-8-10)15(17-2)11-4-5-14(19-3)13(16)7-11/h4-9,15,17H,1-3H3. The van der Waals surface area contributed by atoms with E-state index in [-0.39, 0.29) is 17.6 Å². The van der Waals surface area contributed by atoms with Gasteiger partial charge in [-0.05, 0) is 42.8 Å². The molecule has 1 atom stereocenters. The Balaban J connectivity index is 2.39. The van der Waals surface area contributed by atoms with Crippen molar-refractivity contribution in [3.63, 3.8) is 0 Å². The highest BCUT2D eigenvalue weighted by molar-refractivity contribution is 5.36. The molecule has 0 saturated carbocycles. The average Bonchev–Trinajstić information content (AvgIpc) is 2.40. The summed E-state index contributed by atoms with van der Waals surface area (Å²) in [5.41, 5.74) is 2.92. The molecule has 19 heavy (non-hydrogen) atoms. The van der Waals surface area contributed by atoms with E-state index < -0.39 is 0 Å². The van der Waals surface area contributed by atoms with Crippen molar-refractivity contribution in [1.82, 2.24) is 10.3 Å². The Labute approximate surface area is 112 Å². The molecule has 1 heterocycles. The molecule has 0 aliphatic carbocycles. The molecular formula is C15H17FN2O. The first-order valence-electron chi connectivity index (χ1n) is 6.08. The van der Waals surface area contributed by atoms with Gasteiger partial charge in [-0.1, -0.05) is 12.1 Å². The van der Waals surface area contributed by atoms with Crippen molar-refractivity contribution < 1.29 is 9.13 Å². The molecule has 1 aromatic carbocycles. The number of nitrogens with one attached hydrogen (secondary N) is 1. The van der Waals surface area contributed by atoms with E-state index in [0.717, 1.165) is 16.7 Å². The van der Waals surface area contributed by atoms with Crippen LogP contribution in [0.4, 0.5) is 4.39 Å². The number of pyridine rings is 1. The number of rotatable bonds is 4. The molecule has 0 aliphatic heterocycles. The van der Waals surface area contributed by atoms with Gasteiger partial charge in [-0.2, -0.15) is 0 Å². The lowest BCUT2D eigenvalue weighted by molar-refractivity contribution is 0.386. The molecule has 100 valence electrons. The summed E-state index contributed by atoms with van der Waals surface area (Å²) >= 11 is 0. The van der Waals surface area contributed by atoms with Gasteiger partial charge in [0.05, 0.1) is 13.2 Å². The smallest absolute Gasteiger partial charge is 0.165 e. The Kier molecular flexibility index (Phi) is 4.12. The summed E-state index contributed by atoms with van der Waals surface area (Å²) < 4.78 is 18.7. The van der Waals surface area contributed by atoms with Crippen LogP contribution in [-0.4, -0.2) is 19.1 Å². The highest BCUT2D eigenvalue weighted by Gasteiger charge is 2.14. The summed E-state index contributed by atoms with van der Waals surface area (Å²) in [6, 6.07) is 6.93. The monoisotopic (exact) mass is 260 g/mol. The number of ether oxygens (including phenoxy) is 1. The molecule has 2 rings (SSSR count). The third-order valence-electron chi connectivity index (χ3n) is 3.03. The molecule has 0 fully saturated rings. The zero-order valence-corrected chi connectivity index (χ0v) is 11.3. The van der Waals surface area contributed by atoms with Gasteiger partial charge >= 0.3 is 0 Å². The Hall–Kier alpha value is -1.94. The van der Waals surface area contributed by atoms with Crippen LogP contribution in [0.2, 0.25) is 0 Å². The van der Waals surface area contributed by atoms with Gasteiger partial charge in [0.15, 0.2) is 11.6 Å². The summed E-state index contributed by atoms with van der Waals surface area (Å²) in [4.78, 5) is 4.18. The molecule has 1 unspecified atom stereocenters. The summed E-state index contributed by atoms with van der Waals surface area (Å²) in [6.07, 6.45) is 3.58. The van der Waals surface area contributed by atoms with Gasteiger partial charge in [-0.15, -0.1) is 0 Å². The molecule has 4 heteroatoms. The molecule has 0 radical (unpaired) electrons. The summed E-state index contributed by atoms with van der Waals surface area (Å²) in [6.45, 7) is 1.98. The molecule has 0 saturated heterocycles. The second-order valence-corrected chi connectivity index (χ2v) is 4.41. The van der Waals surface area contributed by atoms with Crippen molar-refractivity contribution in [3.05, 3.63) is 59.2 Å². The normalized spacial score (nSPS) is 12.2. The van der Waals surface area contributed by atoms with Crippen LogP contribution >= 0.6 is 0 Å². The van der Waals surface area contributed by atoms with E-state index in [9.17, 15) is 4.39 Å². The highest BCUT2D eigenvalue weighted by Crippen LogP contribution is 2.26. The SMILES string of the molecule is CNC(c1cncc(C)c1)c1ccc(OC)c(F)c1. The maximum Gasteiger partial charge on any atom is 0.165 e. The maximum absolute atomic E-state index is 13.8. The quantitative estimate of drug-likeness (QED) is 0.918. The molecule has 0 amide bonds. The van der Waals surface area contributed by atoms with Gasteiger partial charge in [0, 0.05) is 12.4 Å². The van der Waals surface area contributed by atoms with E-state index in [4.69, 9.17) is 4.74 Å². The van der Waals surface area contributed by atoms with Crippen LogP contribution in [0.1, 0.15) is 22.7 Å². The largest absolute Gasteiger partial charge is 0.494 e. The third kappa shape index (κ3) is 2.90. The lowest BCUT2D eigenvalue weighted by Crippen LogP contribution is -2.18. The summed E-state index contributed by atoms with van der Waals surface area (Å²) in [5, 5.41) is 3.18. The summed E-state index contributed by atoms with van der Waals surface area (Å²) in [7, 11) is 3.30. The fourth-order valence-corrected chi connectivity index (χ4v) is 2.12.